The third-order valence-corrected chi connectivity index (χ3v) is 37.4. The Morgan fingerprint density at radius 3 is 0.457 bits per heavy atom. The lowest BCUT2D eigenvalue weighted by Gasteiger charge is -2.32. The van der Waals surface area contributed by atoms with Crippen LogP contribution in [0.2, 0.25) is 0 Å². The van der Waals surface area contributed by atoms with E-state index in [1.807, 2.05) is 119 Å². The Bertz CT molecular complexity index is 5780. The molecule has 30 heteroatoms. The van der Waals surface area contributed by atoms with Crippen LogP contribution in [-0.2, 0) is 139 Å². The molecule has 0 radical (unpaired) electrons. The van der Waals surface area contributed by atoms with Crippen molar-refractivity contribution < 1.29 is 50.5 Å². The molecule has 0 aliphatic carbocycles. The maximum atomic E-state index is 16.6. The summed E-state index contributed by atoms with van der Waals surface area (Å²) < 4.78 is 207. The summed E-state index contributed by atoms with van der Waals surface area (Å²) in [7, 11) is -28.0. The number of hydrogen-bond donors (Lipinski definition) is 0. The van der Waals surface area contributed by atoms with Crippen LogP contribution in [0, 0.1) is 83.1 Å². The zero-order valence-corrected chi connectivity index (χ0v) is 80.4. The summed E-state index contributed by atoms with van der Waals surface area (Å²) in [5.74, 6) is 0. The molecule has 0 atom stereocenters. The fourth-order valence-electron chi connectivity index (χ4n) is 18.7. The molecule has 678 valence electrons. The molecule has 0 spiro atoms. The van der Waals surface area contributed by atoms with Crippen LogP contribution in [0.25, 0.3) is 0 Å². The smallest absolute Gasteiger partial charge is 0.243 e. The highest BCUT2D eigenvalue weighted by Gasteiger charge is 2.40. The molecule has 0 N–H and O–H groups in total. The SMILES string of the molecule is Cc1ccc(S(=O)(=O)N2Cc3cc(N4CCCC4)cc(n3)CN(S(=O)(=O)c3ccc(C)cc3)Cc3c(C)c4c(C)c(c3C)CN(S(=O)(=O)c3ccc(C)cc3)Cc3cc(N5CCCC5)cc(n3)CN(S(=O)(=O)c3ccc(C)cc3)Cc3c(C)c(c(C)c(c3C)CN(S(=O)(=O)c3ccc(C)cc3)Cc3cc(N5CCCC5)cc(n3)CN(S(=O)(=O)c3ccc(C)cc3)C4)C2)cc1. The van der Waals surface area contributed by atoms with Crippen molar-refractivity contribution in [3.05, 3.63) is 316 Å². The number of hydrogen-bond acceptors (Lipinski definition) is 18. The third-order valence-electron chi connectivity index (χ3n) is 26.6. The van der Waals surface area contributed by atoms with E-state index < -0.39 is 139 Å². The number of anilines is 3. The molecular weight excluding hydrogens is 1740 g/mol. The van der Waals surface area contributed by atoms with Crippen molar-refractivity contribution in [1.82, 2.24) is 40.8 Å². The second-order valence-corrected chi connectivity index (χ2v) is 47.3. The molecule has 0 saturated carbocycles. The molecule has 129 heavy (non-hydrogen) atoms. The van der Waals surface area contributed by atoms with Gasteiger partial charge in [-0.1, -0.05) is 106 Å². The van der Waals surface area contributed by atoms with Gasteiger partial charge >= 0.3 is 0 Å². The van der Waals surface area contributed by atoms with Gasteiger partial charge in [0.2, 0.25) is 60.1 Å². The fraction of sp³-hybridized carbons (Fsp3) is 0.364. The molecule has 0 unspecified atom stereocenters. The van der Waals surface area contributed by atoms with Gasteiger partial charge in [-0.3, -0.25) is 15.0 Å². The molecule has 3 aromatic heterocycles. The Morgan fingerprint density at radius 2 is 0.326 bits per heavy atom. The molecule has 8 aromatic carbocycles. The van der Waals surface area contributed by atoms with Crippen LogP contribution in [0.4, 0.5) is 17.1 Å². The largest absolute Gasteiger partial charge is 0.371 e. The molecule has 0 amide bonds. The summed E-state index contributed by atoms with van der Waals surface area (Å²) in [6, 6.07) is 50.5. The average Bonchev–Trinajstić information content (AvgIpc) is 1.41. The molecule has 12 bridgehead atoms. The fourth-order valence-corrected chi connectivity index (χ4v) is 27.0. The van der Waals surface area contributed by atoms with Crippen LogP contribution in [0.15, 0.2) is 211 Å². The zero-order valence-electron chi connectivity index (χ0n) is 75.5. The second kappa shape index (κ2) is 37.0. The Kier molecular flexibility index (Phi) is 26.5. The molecular formula is C99H114N12O12S6. The molecule has 11 aromatic rings. The number of aromatic nitrogens is 3. The lowest BCUT2D eigenvalue weighted by molar-refractivity contribution is 0.375. The Labute approximate surface area is 762 Å². The van der Waals surface area contributed by atoms with Crippen LogP contribution in [0.5, 0.6) is 0 Å². The van der Waals surface area contributed by atoms with Gasteiger partial charge < -0.3 is 14.7 Å². The van der Waals surface area contributed by atoms with Crippen molar-refractivity contribution in [3.63, 3.8) is 0 Å². The van der Waals surface area contributed by atoms with Gasteiger partial charge in [0.05, 0.1) is 103 Å². The van der Waals surface area contributed by atoms with E-state index in [9.17, 15) is 0 Å². The normalized spacial score (nSPS) is 17.2. The van der Waals surface area contributed by atoms with E-state index in [0.717, 1.165) is 71.9 Å². The Balaban J connectivity index is 1.06. The van der Waals surface area contributed by atoms with Crippen LogP contribution in [-0.4, -0.2) is 131 Å². The number of fused-ring (bicyclic) bond motifs is 12. The van der Waals surface area contributed by atoms with Crippen molar-refractivity contribution >= 4 is 77.2 Å². The van der Waals surface area contributed by atoms with E-state index in [0.29, 0.717) is 123 Å². The van der Waals surface area contributed by atoms with Gasteiger partial charge in [-0.2, -0.15) is 25.8 Å². The van der Waals surface area contributed by atoms with Crippen molar-refractivity contribution in [2.75, 3.05) is 54.0 Å². The number of aryl methyl sites for hydroxylation is 6. The van der Waals surface area contributed by atoms with Crippen molar-refractivity contribution in [1.29, 1.82) is 0 Å². The highest BCUT2D eigenvalue weighted by atomic mass is 32.2. The van der Waals surface area contributed by atoms with Crippen molar-refractivity contribution in [2.24, 2.45) is 0 Å². The molecule has 3 fully saturated rings. The number of nitrogens with zero attached hydrogens (tertiary/aromatic N) is 12. The van der Waals surface area contributed by atoms with Crippen LogP contribution < -0.4 is 14.7 Å². The second-order valence-electron chi connectivity index (χ2n) is 35.6. The van der Waals surface area contributed by atoms with Gasteiger partial charge in [0.25, 0.3) is 0 Å². The standard InChI is InChI=1S/C99H114N12O12S6/c1-67-19-31-88(32-20-67)124(112,113)106-55-79-49-85(103-43-13-14-44-103)50-80(100-79)56-107(125(114,115)89-33-21-68(2)22-34-89)64-97-76(10)98-65-110(128(120,121)92-39-27-71(5)28-40-92)59-83-53-86(104-45-15-16-46-104)51-81(101-83)57-108(126(116,117)90-35-23-69(3)24-36-90)62-95-73(7)94(61-106)74(8)96(75(95)9)63-109(127(118,119)91-37-25-70(4)26-38-91)58-82-52-87(105-47-17-18-48-105)54-84(102-82)60-111(66-99(77(97)11)78(98)12)129(122,123)93-41-29-72(6)30-42-93/h19-42,49-54H,13-18,43-48,55-66H2,1-12H3. The van der Waals surface area contributed by atoms with Gasteiger partial charge in [0.1, 0.15) is 0 Å². The third kappa shape index (κ3) is 19.3. The molecule has 17 rings (SSSR count). The van der Waals surface area contributed by atoms with E-state index in [-0.39, 0.29) is 63.5 Å². The monoisotopic (exact) mass is 1850 g/mol. The first-order valence-electron chi connectivity index (χ1n) is 44.2. The molecule has 3 saturated heterocycles. The summed E-state index contributed by atoms with van der Waals surface area (Å²) in [5, 5.41) is 0. The van der Waals surface area contributed by atoms with Crippen molar-refractivity contribution in [2.45, 2.75) is 230 Å². The maximum absolute atomic E-state index is 16.6. The minimum absolute atomic E-state index is 0.0466. The predicted molar refractivity (Wildman–Crippen MR) is 504 cm³/mol. The first-order chi connectivity index (χ1) is 61.3. The molecule has 24 nitrogen and oxygen atoms in total. The minimum Gasteiger partial charge on any atom is -0.371 e. The Morgan fingerprint density at radius 1 is 0.194 bits per heavy atom. The summed E-state index contributed by atoms with van der Waals surface area (Å²) >= 11 is 0. The van der Waals surface area contributed by atoms with Crippen LogP contribution in [0.3, 0.4) is 0 Å². The van der Waals surface area contributed by atoms with Gasteiger partial charge in [0.15, 0.2) is 0 Å². The van der Waals surface area contributed by atoms with Crippen LogP contribution in [0.1, 0.15) is 173 Å². The summed E-state index contributed by atoms with van der Waals surface area (Å²) in [4.78, 5) is 22.5. The van der Waals surface area contributed by atoms with E-state index in [2.05, 4.69) is 14.7 Å². The number of benzene rings is 8. The minimum atomic E-state index is -4.66. The van der Waals surface area contributed by atoms with E-state index in [1.54, 1.807) is 146 Å². The van der Waals surface area contributed by atoms with Crippen molar-refractivity contribution in [3.8, 4) is 0 Å². The van der Waals surface area contributed by atoms with Crippen LogP contribution >= 0.6 is 0 Å². The highest BCUT2D eigenvalue weighted by Crippen LogP contribution is 2.42. The topological polar surface area (TPSA) is 273 Å². The summed E-state index contributed by atoms with van der Waals surface area (Å²) in [5.41, 5.74) is 13.7. The van der Waals surface area contributed by atoms with Gasteiger partial charge in [-0.05, 0) is 298 Å². The average molecular weight is 1860 g/mol. The lowest BCUT2D eigenvalue weighted by atomic mass is 9.87. The van der Waals surface area contributed by atoms with Gasteiger partial charge in [-0.15, -0.1) is 0 Å². The molecule has 6 aliphatic heterocycles. The predicted octanol–water partition coefficient (Wildman–Crippen LogP) is 16.3. The number of sulfonamides is 6. The summed E-state index contributed by atoms with van der Waals surface area (Å²) in [6.07, 6.45) is 4.96. The van der Waals surface area contributed by atoms with Gasteiger partial charge in [0, 0.05) is 95.6 Å². The zero-order chi connectivity index (χ0) is 91.6. The highest BCUT2D eigenvalue weighted by molar-refractivity contribution is 7.90. The van der Waals surface area contributed by atoms with E-state index >= 15 is 50.5 Å². The lowest BCUT2D eigenvalue weighted by Crippen LogP contribution is -2.36. The number of pyridine rings is 3. The van der Waals surface area contributed by atoms with E-state index in [1.165, 1.54) is 25.8 Å². The maximum Gasteiger partial charge on any atom is 0.243 e. The quantitative estimate of drug-likeness (QED) is 0.0922. The van der Waals surface area contributed by atoms with E-state index in [4.69, 9.17) is 15.0 Å². The Hall–Kier alpha value is -9.93. The first kappa shape index (κ1) is 92.3. The first-order valence-corrected chi connectivity index (χ1v) is 52.8. The molecule has 6 aliphatic rings. The molecule has 9 heterocycles. The number of rotatable bonds is 15. The van der Waals surface area contributed by atoms with Gasteiger partial charge in [-0.25, -0.2) is 50.5 Å². The summed E-state index contributed by atoms with van der Waals surface area (Å²) in [6.45, 7) is 21.0.